The van der Waals surface area contributed by atoms with Crippen LogP contribution >= 0.6 is 0 Å². The molecule has 0 aromatic heterocycles. The molecule has 0 unspecified atom stereocenters. The van der Waals surface area contributed by atoms with Crippen LogP contribution < -0.4 is 5.73 Å². The smallest absolute Gasteiger partial charge is 0.254 e. The minimum Gasteiger partial charge on any atom is -0.369 e. The van der Waals surface area contributed by atoms with Crippen molar-refractivity contribution >= 4 is 5.91 Å². The van der Waals surface area contributed by atoms with Gasteiger partial charge < -0.3 is 15.4 Å². The van der Waals surface area contributed by atoms with E-state index in [1.807, 2.05) is 18.7 Å². The van der Waals surface area contributed by atoms with Gasteiger partial charge in [0.25, 0.3) is 5.91 Å². The maximum absolute atomic E-state index is 12.3. The second kappa shape index (κ2) is 5.64. The van der Waals surface area contributed by atoms with Gasteiger partial charge >= 0.3 is 0 Å². The molecule has 0 aromatic rings. The Bertz CT molecular complexity index is 235. The number of carbonyl (C=O) groups is 1. The van der Waals surface area contributed by atoms with E-state index in [1.165, 1.54) is 12.8 Å². The van der Waals surface area contributed by atoms with Crippen LogP contribution in [0, 0.1) is 0 Å². The number of amides is 1. The molecule has 16 heavy (non-hydrogen) atoms. The SMILES string of the molecule is COC(C)(C)C(=O)N(CCN)C1CCCC1. The fourth-order valence-corrected chi connectivity index (χ4v) is 2.24. The zero-order chi connectivity index (χ0) is 12.2. The number of carbonyl (C=O) groups excluding carboxylic acids is 1. The Morgan fingerprint density at radius 2 is 2.00 bits per heavy atom. The van der Waals surface area contributed by atoms with Gasteiger partial charge in [-0.15, -0.1) is 0 Å². The number of rotatable bonds is 5. The summed E-state index contributed by atoms with van der Waals surface area (Å²) in [5, 5.41) is 0. The predicted octanol–water partition coefficient (Wildman–Crippen LogP) is 1.14. The molecule has 1 amide bonds. The third-order valence-corrected chi connectivity index (χ3v) is 3.42. The maximum atomic E-state index is 12.3. The average Bonchev–Trinajstić information content (AvgIpc) is 2.78. The fraction of sp³-hybridized carbons (Fsp3) is 0.917. The van der Waals surface area contributed by atoms with Crippen LogP contribution in [0.2, 0.25) is 0 Å². The highest BCUT2D eigenvalue weighted by atomic mass is 16.5. The molecule has 0 radical (unpaired) electrons. The Morgan fingerprint density at radius 3 is 2.44 bits per heavy atom. The molecule has 2 N–H and O–H groups in total. The summed E-state index contributed by atoms with van der Waals surface area (Å²) in [5.74, 6) is 0.0624. The molecule has 0 atom stereocenters. The van der Waals surface area contributed by atoms with Crippen LogP contribution in [-0.4, -0.2) is 42.6 Å². The van der Waals surface area contributed by atoms with E-state index in [-0.39, 0.29) is 5.91 Å². The first-order valence-electron chi connectivity index (χ1n) is 6.09. The summed E-state index contributed by atoms with van der Waals surface area (Å²) in [7, 11) is 1.58. The molecule has 4 heteroatoms. The van der Waals surface area contributed by atoms with Crippen molar-refractivity contribution in [3.63, 3.8) is 0 Å². The van der Waals surface area contributed by atoms with E-state index in [1.54, 1.807) is 7.11 Å². The van der Waals surface area contributed by atoms with Crippen molar-refractivity contribution in [1.29, 1.82) is 0 Å². The molecule has 1 fully saturated rings. The van der Waals surface area contributed by atoms with Gasteiger partial charge in [0.05, 0.1) is 0 Å². The largest absolute Gasteiger partial charge is 0.369 e. The Balaban J connectivity index is 2.72. The summed E-state index contributed by atoms with van der Waals surface area (Å²) in [6.07, 6.45) is 4.63. The van der Waals surface area contributed by atoms with Crippen LogP contribution in [-0.2, 0) is 9.53 Å². The van der Waals surface area contributed by atoms with Crippen LogP contribution in [0.5, 0.6) is 0 Å². The molecule has 94 valence electrons. The van der Waals surface area contributed by atoms with Crippen molar-refractivity contribution in [2.45, 2.75) is 51.2 Å². The van der Waals surface area contributed by atoms with Crippen LogP contribution in [0.4, 0.5) is 0 Å². The number of hydrogen-bond donors (Lipinski definition) is 1. The number of methoxy groups -OCH3 is 1. The summed E-state index contributed by atoms with van der Waals surface area (Å²) in [4.78, 5) is 14.2. The molecule has 1 aliphatic carbocycles. The van der Waals surface area contributed by atoms with Crippen molar-refractivity contribution in [2.75, 3.05) is 20.2 Å². The van der Waals surface area contributed by atoms with Crippen LogP contribution in [0.3, 0.4) is 0 Å². The fourth-order valence-electron chi connectivity index (χ4n) is 2.24. The van der Waals surface area contributed by atoms with E-state index in [0.717, 1.165) is 12.8 Å². The molecule has 1 rings (SSSR count). The topological polar surface area (TPSA) is 55.6 Å². The molecule has 0 bridgehead atoms. The summed E-state index contributed by atoms with van der Waals surface area (Å²) >= 11 is 0. The third kappa shape index (κ3) is 2.95. The number of nitrogens with zero attached hydrogens (tertiary/aromatic N) is 1. The van der Waals surface area contributed by atoms with Crippen molar-refractivity contribution in [3.8, 4) is 0 Å². The van der Waals surface area contributed by atoms with Crippen molar-refractivity contribution in [2.24, 2.45) is 5.73 Å². The molecule has 0 heterocycles. The number of ether oxygens (including phenoxy) is 1. The number of hydrogen-bond acceptors (Lipinski definition) is 3. The zero-order valence-electron chi connectivity index (χ0n) is 10.7. The van der Waals surface area contributed by atoms with E-state index in [4.69, 9.17) is 10.5 Å². The van der Waals surface area contributed by atoms with E-state index < -0.39 is 5.60 Å². The Hall–Kier alpha value is -0.610. The van der Waals surface area contributed by atoms with E-state index in [9.17, 15) is 4.79 Å². The standard InChI is InChI=1S/C12H24N2O2/c1-12(2,16-3)11(15)14(9-8-13)10-6-4-5-7-10/h10H,4-9,13H2,1-3H3. The van der Waals surface area contributed by atoms with Gasteiger partial charge in [0, 0.05) is 26.2 Å². The average molecular weight is 228 g/mol. The first kappa shape index (κ1) is 13.5. The Morgan fingerprint density at radius 1 is 1.44 bits per heavy atom. The zero-order valence-corrected chi connectivity index (χ0v) is 10.7. The second-order valence-corrected chi connectivity index (χ2v) is 4.94. The van der Waals surface area contributed by atoms with Gasteiger partial charge in [-0.05, 0) is 26.7 Å². The molecule has 1 saturated carbocycles. The van der Waals surface area contributed by atoms with Gasteiger partial charge in [0.2, 0.25) is 0 Å². The lowest BCUT2D eigenvalue weighted by atomic mass is 10.1. The highest BCUT2D eigenvalue weighted by molar-refractivity contribution is 5.84. The van der Waals surface area contributed by atoms with Crippen molar-refractivity contribution < 1.29 is 9.53 Å². The van der Waals surface area contributed by atoms with E-state index in [0.29, 0.717) is 19.1 Å². The number of nitrogens with two attached hydrogens (primary N) is 1. The molecular weight excluding hydrogens is 204 g/mol. The lowest BCUT2D eigenvalue weighted by molar-refractivity contribution is -0.153. The van der Waals surface area contributed by atoms with E-state index >= 15 is 0 Å². The van der Waals surface area contributed by atoms with Crippen molar-refractivity contribution in [1.82, 2.24) is 4.90 Å². The quantitative estimate of drug-likeness (QED) is 0.767. The van der Waals surface area contributed by atoms with Crippen LogP contribution in [0.1, 0.15) is 39.5 Å². The molecule has 0 spiro atoms. The first-order chi connectivity index (χ1) is 7.53. The molecule has 4 nitrogen and oxygen atoms in total. The summed E-state index contributed by atoms with van der Waals surface area (Å²) in [6, 6.07) is 0.366. The highest BCUT2D eigenvalue weighted by Gasteiger charge is 2.35. The first-order valence-corrected chi connectivity index (χ1v) is 6.09. The lowest BCUT2D eigenvalue weighted by Crippen LogP contribution is -2.51. The summed E-state index contributed by atoms with van der Waals surface area (Å²) in [5.41, 5.74) is 4.85. The normalized spacial score (nSPS) is 17.8. The van der Waals surface area contributed by atoms with Crippen LogP contribution in [0.15, 0.2) is 0 Å². The highest BCUT2D eigenvalue weighted by Crippen LogP contribution is 2.25. The van der Waals surface area contributed by atoms with Gasteiger partial charge in [-0.1, -0.05) is 12.8 Å². The minimum absolute atomic E-state index is 0.0624. The van der Waals surface area contributed by atoms with Gasteiger partial charge in [-0.3, -0.25) is 4.79 Å². The Labute approximate surface area is 98.1 Å². The molecular formula is C12H24N2O2. The van der Waals surface area contributed by atoms with Gasteiger partial charge in [0.15, 0.2) is 0 Å². The monoisotopic (exact) mass is 228 g/mol. The third-order valence-electron chi connectivity index (χ3n) is 3.42. The molecule has 0 aromatic carbocycles. The maximum Gasteiger partial charge on any atom is 0.254 e. The second-order valence-electron chi connectivity index (χ2n) is 4.94. The predicted molar refractivity (Wildman–Crippen MR) is 64.1 cm³/mol. The minimum atomic E-state index is -0.738. The lowest BCUT2D eigenvalue weighted by Gasteiger charge is -2.35. The van der Waals surface area contributed by atoms with Crippen molar-refractivity contribution in [3.05, 3.63) is 0 Å². The molecule has 1 aliphatic rings. The van der Waals surface area contributed by atoms with Crippen LogP contribution in [0.25, 0.3) is 0 Å². The summed E-state index contributed by atoms with van der Waals surface area (Å²) < 4.78 is 5.25. The van der Waals surface area contributed by atoms with E-state index in [2.05, 4.69) is 0 Å². The Kier molecular flexibility index (Phi) is 4.74. The summed E-state index contributed by atoms with van der Waals surface area (Å²) in [6.45, 7) is 4.78. The molecule has 0 aliphatic heterocycles. The van der Waals surface area contributed by atoms with Gasteiger partial charge in [-0.2, -0.15) is 0 Å². The molecule has 0 saturated heterocycles. The van der Waals surface area contributed by atoms with Gasteiger partial charge in [0.1, 0.15) is 5.60 Å². The van der Waals surface area contributed by atoms with Gasteiger partial charge in [-0.25, -0.2) is 0 Å².